The molecule has 0 fully saturated rings. The Bertz CT molecular complexity index is 3470. The van der Waals surface area contributed by atoms with E-state index in [1.54, 1.807) is 0 Å². The predicted octanol–water partition coefficient (Wildman–Crippen LogP) is 15.1. The summed E-state index contributed by atoms with van der Waals surface area (Å²) >= 11 is 0. The molecule has 0 atom stereocenters. The van der Waals surface area contributed by atoms with Crippen LogP contribution in [0, 0.1) is 13.8 Å². The van der Waals surface area contributed by atoms with Gasteiger partial charge in [0.1, 0.15) is 0 Å². The predicted molar refractivity (Wildman–Crippen MR) is 293 cm³/mol. The molecule has 9 aromatic carbocycles. The van der Waals surface area contributed by atoms with Gasteiger partial charge in [0, 0.05) is 34.1 Å². The molecule has 0 saturated carbocycles. The van der Waals surface area contributed by atoms with E-state index in [0.29, 0.717) is 0 Å². The molecule has 0 amide bonds. The van der Waals surface area contributed by atoms with Crippen molar-refractivity contribution in [2.75, 3.05) is 14.7 Å². The number of hydrogen-bond donors (Lipinski definition) is 0. The standard InChI is InChI=1S/C65H56BN3/c1-41-36-44(64(6,7)8)37-42(2)61(41)69-57-35-34-43(63(3,4)5)38-55(57)66-54-32-21-31-53-62(54)68(56-33-20-19-30-52(56)65(53)50-28-17-15-26-48(50)49-27-16-18-29-51(49)65)58-39-47(40-59(69)60(58)66)67(45-22-11-9-12-23-45)46-24-13-10-14-25-46/h9-40H,1-8H3. The molecule has 0 N–H and O–H groups in total. The van der Waals surface area contributed by atoms with Gasteiger partial charge >= 0.3 is 0 Å². The molecular formula is C65H56BN3. The van der Waals surface area contributed by atoms with Crippen molar-refractivity contribution in [1.82, 2.24) is 0 Å². The number of nitrogens with zero attached hydrogens (tertiary/aromatic N) is 3. The Balaban J connectivity index is 1.20. The lowest BCUT2D eigenvalue weighted by molar-refractivity contribution is 0.589. The van der Waals surface area contributed by atoms with Gasteiger partial charge in [-0.1, -0.05) is 187 Å². The Morgan fingerprint density at radius 2 is 0.899 bits per heavy atom. The highest BCUT2D eigenvalue weighted by molar-refractivity contribution is 7.00. The van der Waals surface area contributed by atoms with Crippen LogP contribution in [0.1, 0.15) is 86.1 Å². The van der Waals surface area contributed by atoms with Gasteiger partial charge in [-0.2, -0.15) is 0 Å². The minimum atomic E-state index is -0.524. The molecule has 3 heterocycles. The third kappa shape index (κ3) is 5.81. The summed E-state index contributed by atoms with van der Waals surface area (Å²) in [6, 6.07) is 74.0. The van der Waals surface area contributed by atoms with Crippen molar-refractivity contribution >= 4 is 74.3 Å². The fourth-order valence-electron chi connectivity index (χ4n) is 12.7. The van der Waals surface area contributed by atoms with Gasteiger partial charge in [0.2, 0.25) is 0 Å². The quantitative estimate of drug-likeness (QED) is 0.163. The van der Waals surface area contributed by atoms with E-state index in [1.165, 1.54) is 106 Å². The highest BCUT2D eigenvalue weighted by Gasteiger charge is 2.55. The molecule has 3 aliphatic heterocycles. The Hall–Kier alpha value is -7.56. The Morgan fingerprint density at radius 3 is 1.48 bits per heavy atom. The third-order valence-electron chi connectivity index (χ3n) is 15.7. The Kier molecular flexibility index (Phi) is 8.88. The van der Waals surface area contributed by atoms with Crippen molar-refractivity contribution in [2.45, 2.75) is 71.6 Å². The maximum absolute atomic E-state index is 2.67. The fraction of sp³-hybridized carbons (Fsp3) is 0.169. The Morgan fingerprint density at radius 1 is 0.391 bits per heavy atom. The van der Waals surface area contributed by atoms with Crippen LogP contribution in [-0.2, 0) is 16.2 Å². The van der Waals surface area contributed by atoms with E-state index in [-0.39, 0.29) is 17.5 Å². The van der Waals surface area contributed by atoms with Crippen molar-refractivity contribution in [3.8, 4) is 11.1 Å². The van der Waals surface area contributed by atoms with E-state index in [2.05, 4.69) is 264 Å². The molecule has 0 radical (unpaired) electrons. The minimum absolute atomic E-state index is 0.00624. The van der Waals surface area contributed by atoms with Crippen molar-refractivity contribution in [3.05, 3.63) is 239 Å². The van der Waals surface area contributed by atoms with Crippen LogP contribution in [0.3, 0.4) is 0 Å². The molecular weight excluding hydrogens is 834 g/mol. The summed E-state index contributed by atoms with van der Waals surface area (Å²) in [4.78, 5) is 7.76. The van der Waals surface area contributed by atoms with Crippen LogP contribution in [0.15, 0.2) is 194 Å². The second kappa shape index (κ2) is 14.7. The monoisotopic (exact) mass is 889 g/mol. The average molecular weight is 890 g/mol. The van der Waals surface area contributed by atoms with Crippen molar-refractivity contribution in [1.29, 1.82) is 0 Å². The first-order valence-electron chi connectivity index (χ1n) is 24.7. The summed E-state index contributed by atoms with van der Waals surface area (Å²) in [5.74, 6) is 0. The van der Waals surface area contributed by atoms with Crippen LogP contribution in [-0.4, -0.2) is 6.71 Å². The van der Waals surface area contributed by atoms with Gasteiger partial charge in [-0.05, 0) is 145 Å². The third-order valence-corrected chi connectivity index (χ3v) is 15.7. The lowest BCUT2D eigenvalue weighted by Crippen LogP contribution is -2.62. The summed E-state index contributed by atoms with van der Waals surface area (Å²) in [6.45, 7) is 18.6. The van der Waals surface area contributed by atoms with Gasteiger partial charge in [-0.25, -0.2) is 0 Å². The molecule has 9 aromatic rings. The van der Waals surface area contributed by atoms with E-state index in [0.717, 1.165) is 17.1 Å². The number of benzene rings is 9. The fourth-order valence-corrected chi connectivity index (χ4v) is 12.7. The van der Waals surface area contributed by atoms with Gasteiger partial charge < -0.3 is 14.7 Å². The SMILES string of the molecule is Cc1cc(C(C)(C)C)cc(C)c1N1c2ccc(C(C)(C)C)cc2B2c3cccc4c3N(c3ccccc3C43c4ccccc4-c4ccccc43)c3cc(N(c4ccccc4)c4ccccc4)cc1c32. The molecule has 4 heteroatoms. The van der Waals surface area contributed by atoms with E-state index in [9.17, 15) is 0 Å². The molecule has 1 spiro atoms. The number of aryl methyl sites for hydroxylation is 2. The van der Waals surface area contributed by atoms with Crippen molar-refractivity contribution in [2.24, 2.45) is 0 Å². The van der Waals surface area contributed by atoms with Gasteiger partial charge in [0.05, 0.1) is 22.5 Å². The number of rotatable bonds is 4. The lowest BCUT2D eigenvalue weighted by atomic mass is 9.32. The second-order valence-electron chi connectivity index (χ2n) is 21.8. The molecule has 1 aliphatic carbocycles. The lowest BCUT2D eigenvalue weighted by Gasteiger charge is -2.51. The molecule has 69 heavy (non-hydrogen) atoms. The molecule has 334 valence electrons. The molecule has 3 nitrogen and oxygen atoms in total. The van der Waals surface area contributed by atoms with E-state index in [1.807, 2.05) is 0 Å². The summed E-state index contributed by atoms with van der Waals surface area (Å²) in [5.41, 5.74) is 27.4. The first kappa shape index (κ1) is 41.6. The first-order chi connectivity index (χ1) is 33.4. The van der Waals surface area contributed by atoms with Crippen LogP contribution in [0.25, 0.3) is 11.1 Å². The smallest absolute Gasteiger partial charge is 0.252 e. The summed E-state index contributed by atoms with van der Waals surface area (Å²) in [6.07, 6.45) is 0. The molecule has 0 aromatic heterocycles. The van der Waals surface area contributed by atoms with Crippen LogP contribution in [0.2, 0.25) is 0 Å². The van der Waals surface area contributed by atoms with Crippen LogP contribution in [0.4, 0.5) is 51.2 Å². The maximum atomic E-state index is 2.67. The largest absolute Gasteiger partial charge is 0.311 e. The summed E-state index contributed by atoms with van der Waals surface area (Å²) < 4.78 is 0. The zero-order valence-corrected chi connectivity index (χ0v) is 40.9. The van der Waals surface area contributed by atoms with Crippen molar-refractivity contribution in [3.63, 3.8) is 0 Å². The van der Waals surface area contributed by atoms with Gasteiger partial charge in [0.15, 0.2) is 0 Å². The highest BCUT2D eigenvalue weighted by Crippen LogP contribution is 2.64. The van der Waals surface area contributed by atoms with Crippen LogP contribution < -0.4 is 31.1 Å². The van der Waals surface area contributed by atoms with Crippen molar-refractivity contribution < 1.29 is 0 Å². The van der Waals surface area contributed by atoms with E-state index >= 15 is 0 Å². The molecule has 13 rings (SSSR count). The summed E-state index contributed by atoms with van der Waals surface area (Å²) in [7, 11) is 0. The second-order valence-corrected chi connectivity index (χ2v) is 21.8. The number of para-hydroxylation sites is 4. The highest BCUT2D eigenvalue weighted by atomic mass is 15.2. The Labute approximate surface area is 408 Å². The van der Waals surface area contributed by atoms with Crippen LogP contribution in [0.5, 0.6) is 0 Å². The van der Waals surface area contributed by atoms with Crippen LogP contribution >= 0.6 is 0 Å². The number of fused-ring (bicyclic) bond motifs is 13. The topological polar surface area (TPSA) is 9.72 Å². The minimum Gasteiger partial charge on any atom is -0.311 e. The van der Waals surface area contributed by atoms with Gasteiger partial charge in [-0.3, -0.25) is 0 Å². The zero-order chi connectivity index (χ0) is 47.1. The number of anilines is 9. The maximum Gasteiger partial charge on any atom is 0.252 e. The van der Waals surface area contributed by atoms with Gasteiger partial charge in [0.25, 0.3) is 6.71 Å². The van der Waals surface area contributed by atoms with Gasteiger partial charge in [-0.15, -0.1) is 0 Å². The molecule has 0 unspecified atom stereocenters. The number of hydrogen-bond acceptors (Lipinski definition) is 3. The van der Waals surface area contributed by atoms with E-state index in [4.69, 9.17) is 0 Å². The molecule has 4 aliphatic rings. The molecule has 0 bridgehead atoms. The zero-order valence-electron chi connectivity index (χ0n) is 40.9. The average Bonchev–Trinajstić information content (AvgIpc) is 3.64. The summed E-state index contributed by atoms with van der Waals surface area (Å²) in [5, 5.41) is 0. The first-order valence-corrected chi connectivity index (χ1v) is 24.7. The molecule has 0 saturated heterocycles. The normalized spacial score (nSPS) is 14.4. The van der Waals surface area contributed by atoms with E-state index < -0.39 is 5.41 Å².